The molecule has 1 rings (SSSR count). The summed E-state index contributed by atoms with van der Waals surface area (Å²) in [7, 11) is 0. The lowest BCUT2D eigenvalue weighted by Gasteiger charge is -2.28. The van der Waals surface area contributed by atoms with Crippen LogP contribution in [0.25, 0.3) is 0 Å². The normalized spacial score (nSPS) is 18.1. The second kappa shape index (κ2) is 7.48. The van der Waals surface area contributed by atoms with Gasteiger partial charge in [0.1, 0.15) is 0 Å². The average Bonchev–Trinajstić information content (AvgIpc) is 2.15. The van der Waals surface area contributed by atoms with Gasteiger partial charge >= 0.3 is 6.40 Å². The van der Waals surface area contributed by atoms with Gasteiger partial charge in [-0.1, -0.05) is 11.2 Å². The fourth-order valence-corrected chi connectivity index (χ4v) is 6.92. The van der Waals surface area contributed by atoms with E-state index < -0.39 is 5.69 Å². The van der Waals surface area contributed by atoms with Crippen LogP contribution in [0.4, 0.5) is 0 Å². The highest BCUT2D eigenvalue weighted by Crippen LogP contribution is 2.63. The smallest absolute Gasteiger partial charge is 0.402 e. The Kier molecular flexibility index (Phi) is 7.03. The van der Waals surface area contributed by atoms with Gasteiger partial charge < -0.3 is 18.4 Å². The summed E-state index contributed by atoms with van der Waals surface area (Å²) >= 11 is 6.87. The molecule has 0 radical (unpaired) electrons. The highest BCUT2D eigenvalue weighted by Gasteiger charge is 2.34. The summed E-state index contributed by atoms with van der Waals surface area (Å²) in [5.74, 6) is 0. The Hall–Kier alpha value is 0.905. The molecule has 17 heavy (non-hydrogen) atoms. The zero-order chi connectivity index (χ0) is 12.9. The Bertz CT molecular complexity index is 258. The van der Waals surface area contributed by atoms with E-state index in [9.17, 15) is 0 Å². The number of rotatable bonds is 6. The molecule has 0 aliphatic carbocycles. The van der Waals surface area contributed by atoms with Crippen LogP contribution in [0.3, 0.4) is 0 Å². The van der Waals surface area contributed by atoms with Crippen molar-refractivity contribution in [3.63, 3.8) is 0 Å². The van der Waals surface area contributed by atoms with Crippen LogP contribution in [0, 0.1) is 0 Å². The van der Waals surface area contributed by atoms with Crippen molar-refractivity contribution < 1.29 is 18.4 Å². The summed E-state index contributed by atoms with van der Waals surface area (Å²) in [5.41, 5.74) is -2.40. The molecule has 0 bridgehead atoms. The van der Waals surface area contributed by atoms with Crippen molar-refractivity contribution in [3.8, 4) is 0 Å². The quantitative estimate of drug-likeness (QED) is 0.553. The maximum absolute atomic E-state index is 5.76. The average molecular weight is 298 g/mol. The molecule has 4 nitrogen and oxygen atoms in total. The largest absolute Gasteiger partial charge is 0.540 e. The highest BCUT2D eigenvalue weighted by atomic mass is 32.9. The molecular formula is C9H20BO4PS2. The van der Waals surface area contributed by atoms with Gasteiger partial charge in [0.15, 0.2) is 0 Å². The van der Waals surface area contributed by atoms with Crippen molar-refractivity contribution in [1.29, 1.82) is 0 Å². The third-order valence-electron chi connectivity index (χ3n) is 1.69. The Morgan fingerprint density at radius 2 is 1.59 bits per heavy atom. The first-order valence-electron chi connectivity index (χ1n) is 5.80. The van der Waals surface area contributed by atoms with Gasteiger partial charge in [-0.05, 0) is 45.9 Å². The van der Waals surface area contributed by atoms with E-state index in [0.717, 1.165) is 6.42 Å². The van der Waals surface area contributed by atoms with Crippen molar-refractivity contribution in [2.45, 2.75) is 46.3 Å². The highest BCUT2D eigenvalue weighted by molar-refractivity contribution is 8.77. The molecule has 1 saturated heterocycles. The van der Waals surface area contributed by atoms with Gasteiger partial charge in [-0.3, -0.25) is 0 Å². The van der Waals surface area contributed by atoms with Crippen LogP contribution in [0.5, 0.6) is 0 Å². The predicted octanol–water partition coefficient (Wildman–Crippen LogP) is 3.22. The maximum atomic E-state index is 5.76. The first-order chi connectivity index (χ1) is 7.91. The lowest BCUT2D eigenvalue weighted by molar-refractivity contribution is 0.150. The molecule has 0 saturated carbocycles. The first-order valence-corrected chi connectivity index (χ1v) is 9.92. The zero-order valence-electron chi connectivity index (χ0n) is 10.8. The third kappa shape index (κ3) is 6.57. The van der Waals surface area contributed by atoms with Crippen molar-refractivity contribution >= 4 is 35.1 Å². The summed E-state index contributed by atoms with van der Waals surface area (Å²) < 4.78 is 22.5. The first kappa shape index (κ1) is 16.0. The van der Waals surface area contributed by atoms with E-state index in [1.165, 1.54) is 11.2 Å². The van der Waals surface area contributed by atoms with Crippen molar-refractivity contribution in [2.24, 2.45) is 0 Å². The molecule has 0 N–H and O–H groups in total. The van der Waals surface area contributed by atoms with E-state index in [1.54, 1.807) is 0 Å². The Balaban J connectivity index is 2.58. The summed E-state index contributed by atoms with van der Waals surface area (Å²) in [6, 6.07) is 0. The van der Waals surface area contributed by atoms with Crippen LogP contribution in [-0.2, 0) is 30.2 Å². The van der Waals surface area contributed by atoms with E-state index in [0.29, 0.717) is 13.2 Å². The van der Waals surface area contributed by atoms with Gasteiger partial charge in [0, 0.05) is 13.2 Å². The standard InChI is InChI=1S/C9H20BO4PS2/c1-8(2)13-15(16,14-9(3)4)17-10-11-6-5-7-12-10/h8-9H,5-7H2,1-4H3. The Morgan fingerprint density at radius 3 is 2.00 bits per heavy atom. The molecule has 0 amide bonds. The van der Waals surface area contributed by atoms with Gasteiger partial charge in [-0.25, -0.2) is 0 Å². The van der Waals surface area contributed by atoms with Crippen LogP contribution in [0.2, 0.25) is 0 Å². The van der Waals surface area contributed by atoms with E-state index >= 15 is 0 Å². The minimum Gasteiger partial charge on any atom is -0.402 e. The van der Waals surface area contributed by atoms with Crippen molar-refractivity contribution in [1.82, 2.24) is 0 Å². The second-order valence-corrected chi connectivity index (χ2v) is 10.4. The monoisotopic (exact) mass is 298 g/mol. The molecule has 1 heterocycles. The molecule has 0 atom stereocenters. The fraction of sp³-hybridized carbons (Fsp3) is 1.00. The topological polar surface area (TPSA) is 36.9 Å². The van der Waals surface area contributed by atoms with Crippen LogP contribution in [0.1, 0.15) is 34.1 Å². The summed E-state index contributed by atoms with van der Waals surface area (Å²) in [5, 5.41) is 0. The predicted molar refractivity (Wildman–Crippen MR) is 76.6 cm³/mol. The molecule has 8 heteroatoms. The molecule has 0 spiro atoms. The molecule has 0 aromatic carbocycles. The SMILES string of the molecule is CC(C)OP(=S)(OC(C)C)SB1OCCCO1. The van der Waals surface area contributed by atoms with Crippen molar-refractivity contribution in [2.75, 3.05) is 13.2 Å². The van der Waals surface area contributed by atoms with Crippen LogP contribution in [0.15, 0.2) is 0 Å². The Morgan fingerprint density at radius 1 is 1.12 bits per heavy atom. The molecule has 0 unspecified atom stereocenters. The van der Waals surface area contributed by atoms with Gasteiger partial charge in [0.2, 0.25) is 5.69 Å². The van der Waals surface area contributed by atoms with E-state index in [4.69, 9.17) is 30.2 Å². The molecule has 100 valence electrons. The lowest BCUT2D eigenvalue weighted by atomic mass is 10.3. The third-order valence-corrected chi connectivity index (χ3v) is 6.85. The molecule has 0 aromatic rings. The molecule has 0 aromatic heterocycles. The maximum Gasteiger partial charge on any atom is 0.540 e. The summed E-state index contributed by atoms with van der Waals surface area (Å²) in [4.78, 5) is 0. The molecule has 1 fully saturated rings. The van der Waals surface area contributed by atoms with Gasteiger partial charge in [0.05, 0.1) is 12.2 Å². The van der Waals surface area contributed by atoms with Crippen LogP contribution >= 0.6 is 16.9 Å². The molecular weight excluding hydrogens is 278 g/mol. The molecule has 1 aliphatic heterocycles. The molecule has 1 aliphatic rings. The van der Waals surface area contributed by atoms with Gasteiger partial charge in [0.25, 0.3) is 0 Å². The van der Waals surface area contributed by atoms with E-state index in [-0.39, 0.29) is 18.6 Å². The number of hydrogen-bond acceptors (Lipinski definition) is 6. The van der Waals surface area contributed by atoms with E-state index in [1.807, 2.05) is 27.7 Å². The Labute approximate surface area is 113 Å². The number of hydrogen-bond donors (Lipinski definition) is 0. The lowest BCUT2D eigenvalue weighted by Crippen LogP contribution is -2.27. The van der Waals surface area contributed by atoms with Crippen LogP contribution < -0.4 is 0 Å². The summed E-state index contributed by atoms with van der Waals surface area (Å²) in [6.07, 6.45) is 0.647. The van der Waals surface area contributed by atoms with Gasteiger partial charge in [-0.2, -0.15) is 0 Å². The van der Waals surface area contributed by atoms with Crippen LogP contribution in [-0.4, -0.2) is 31.8 Å². The second-order valence-electron chi connectivity index (χ2n) is 4.24. The van der Waals surface area contributed by atoms with Crippen molar-refractivity contribution in [3.05, 3.63) is 0 Å². The fourth-order valence-electron chi connectivity index (χ4n) is 1.22. The minimum atomic E-state index is -2.40. The minimum absolute atomic E-state index is 0.0377. The van der Waals surface area contributed by atoms with E-state index in [2.05, 4.69) is 0 Å². The summed E-state index contributed by atoms with van der Waals surface area (Å²) in [6.45, 7) is 9.22. The van der Waals surface area contributed by atoms with Gasteiger partial charge in [-0.15, -0.1) is 0 Å². The zero-order valence-corrected chi connectivity index (χ0v) is 13.3.